The molecule has 0 amide bonds. The molecule has 0 aliphatic heterocycles. The SMILES string of the molecule is COC(=O)C(=Cc1ccc(-c2cccc(C(=O)OC)c2)o1)C(C)=O. The number of furan rings is 1. The fraction of sp³-hybridized carbons (Fsp3) is 0.167. The zero-order valence-corrected chi connectivity index (χ0v) is 13.5. The smallest absolute Gasteiger partial charge is 0.341 e. The minimum atomic E-state index is -0.729. The van der Waals surface area contributed by atoms with E-state index in [4.69, 9.17) is 4.42 Å². The summed E-state index contributed by atoms with van der Waals surface area (Å²) in [6, 6.07) is 10.0. The van der Waals surface area contributed by atoms with Crippen LogP contribution in [0.25, 0.3) is 17.4 Å². The number of methoxy groups -OCH3 is 2. The molecule has 0 N–H and O–H groups in total. The zero-order chi connectivity index (χ0) is 17.7. The van der Waals surface area contributed by atoms with Crippen molar-refractivity contribution in [3.05, 3.63) is 53.3 Å². The first kappa shape index (κ1) is 17.2. The van der Waals surface area contributed by atoms with Crippen LogP contribution >= 0.6 is 0 Å². The van der Waals surface area contributed by atoms with Crippen molar-refractivity contribution in [3.63, 3.8) is 0 Å². The monoisotopic (exact) mass is 328 g/mol. The predicted molar refractivity (Wildman–Crippen MR) is 86.2 cm³/mol. The topological polar surface area (TPSA) is 82.8 Å². The molecule has 124 valence electrons. The number of hydrogen-bond donors (Lipinski definition) is 0. The summed E-state index contributed by atoms with van der Waals surface area (Å²) in [6.07, 6.45) is 1.32. The molecule has 0 aliphatic carbocycles. The number of esters is 2. The summed E-state index contributed by atoms with van der Waals surface area (Å²) in [5.74, 6) is -0.794. The van der Waals surface area contributed by atoms with Crippen LogP contribution in [-0.2, 0) is 19.1 Å². The molecule has 24 heavy (non-hydrogen) atoms. The molecule has 1 aromatic heterocycles. The van der Waals surface area contributed by atoms with Gasteiger partial charge < -0.3 is 13.9 Å². The van der Waals surface area contributed by atoms with Crippen LogP contribution in [0.4, 0.5) is 0 Å². The van der Waals surface area contributed by atoms with Gasteiger partial charge in [-0.05, 0) is 37.3 Å². The van der Waals surface area contributed by atoms with Crippen molar-refractivity contribution in [2.75, 3.05) is 14.2 Å². The van der Waals surface area contributed by atoms with Gasteiger partial charge in [0.1, 0.15) is 17.1 Å². The number of carbonyl (C=O) groups excluding carboxylic acids is 3. The van der Waals surface area contributed by atoms with Gasteiger partial charge in [-0.1, -0.05) is 12.1 Å². The molecule has 0 saturated heterocycles. The van der Waals surface area contributed by atoms with E-state index >= 15 is 0 Å². The van der Waals surface area contributed by atoms with Gasteiger partial charge in [0, 0.05) is 5.56 Å². The first-order chi connectivity index (χ1) is 11.5. The lowest BCUT2D eigenvalue weighted by Gasteiger charge is -2.02. The first-order valence-electron chi connectivity index (χ1n) is 7.05. The summed E-state index contributed by atoms with van der Waals surface area (Å²) in [5.41, 5.74) is 0.948. The molecule has 0 atom stereocenters. The summed E-state index contributed by atoms with van der Waals surface area (Å²) < 4.78 is 14.9. The van der Waals surface area contributed by atoms with Crippen LogP contribution in [0.5, 0.6) is 0 Å². The normalized spacial score (nSPS) is 11.0. The first-order valence-corrected chi connectivity index (χ1v) is 7.05. The fourth-order valence-corrected chi connectivity index (χ4v) is 2.06. The largest absolute Gasteiger partial charge is 0.465 e. The van der Waals surface area contributed by atoms with Crippen molar-refractivity contribution in [1.82, 2.24) is 0 Å². The molecule has 2 aromatic rings. The van der Waals surface area contributed by atoms with E-state index in [1.807, 2.05) is 0 Å². The lowest BCUT2D eigenvalue weighted by atomic mass is 10.1. The molecule has 0 saturated carbocycles. The Labute approximate surface area is 138 Å². The van der Waals surface area contributed by atoms with Gasteiger partial charge in [-0.2, -0.15) is 0 Å². The van der Waals surface area contributed by atoms with Crippen LogP contribution in [0.2, 0.25) is 0 Å². The third-order valence-electron chi connectivity index (χ3n) is 3.27. The predicted octanol–water partition coefficient (Wildman–Crippen LogP) is 2.88. The Kier molecular flexibility index (Phi) is 5.31. The second kappa shape index (κ2) is 7.41. The van der Waals surface area contributed by atoms with E-state index in [1.165, 1.54) is 27.2 Å². The van der Waals surface area contributed by atoms with Gasteiger partial charge in [0.2, 0.25) is 0 Å². The summed E-state index contributed by atoms with van der Waals surface area (Å²) in [7, 11) is 2.51. The second-order valence-electron chi connectivity index (χ2n) is 4.88. The van der Waals surface area contributed by atoms with E-state index in [0.29, 0.717) is 22.6 Å². The number of ketones is 1. The molecule has 0 radical (unpaired) electrons. The molecule has 6 heteroatoms. The number of ether oxygens (including phenoxy) is 2. The van der Waals surface area contributed by atoms with Gasteiger partial charge in [-0.25, -0.2) is 9.59 Å². The second-order valence-corrected chi connectivity index (χ2v) is 4.88. The van der Waals surface area contributed by atoms with Crippen molar-refractivity contribution < 1.29 is 28.3 Å². The average molecular weight is 328 g/mol. The molecule has 0 bridgehead atoms. The van der Waals surface area contributed by atoms with E-state index in [9.17, 15) is 14.4 Å². The quantitative estimate of drug-likeness (QED) is 0.363. The molecular weight excluding hydrogens is 312 g/mol. The van der Waals surface area contributed by atoms with E-state index in [2.05, 4.69) is 9.47 Å². The molecule has 0 unspecified atom stereocenters. The summed E-state index contributed by atoms with van der Waals surface area (Å²) >= 11 is 0. The van der Waals surface area contributed by atoms with Crippen LogP contribution in [0.15, 0.2) is 46.4 Å². The summed E-state index contributed by atoms with van der Waals surface area (Å²) in [6.45, 7) is 1.27. The van der Waals surface area contributed by atoms with E-state index in [1.54, 1.807) is 36.4 Å². The highest BCUT2D eigenvalue weighted by Crippen LogP contribution is 2.24. The zero-order valence-electron chi connectivity index (χ0n) is 13.5. The lowest BCUT2D eigenvalue weighted by Crippen LogP contribution is -2.11. The molecule has 2 rings (SSSR count). The molecule has 1 heterocycles. The Morgan fingerprint density at radius 2 is 1.79 bits per heavy atom. The van der Waals surface area contributed by atoms with Gasteiger partial charge >= 0.3 is 11.9 Å². The Morgan fingerprint density at radius 3 is 2.42 bits per heavy atom. The van der Waals surface area contributed by atoms with Crippen LogP contribution in [0, 0.1) is 0 Å². The van der Waals surface area contributed by atoms with Crippen LogP contribution < -0.4 is 0 Å². The third kappa shape index (κ3) is 3.78. The maximum Gasteiger partial charge on any atom is 0.341 e. The Balaban J connectivity index is 2.36. The Morgan fingerprint density at radius 1 is 1.04 bits per heavy atom. The van der Waals surface area contributed by atoms with Gasteiger partial charge in [-0.3, -0.25) is 4.79 Å². The fourth-order valence-electron chi connectivity index (χ4n) is 2.06. The minimum absolute atomic E-state index is 0.110. The minimum Gasteiger partial charge on any atom is -0.465 e. The van der Waals surface area contributed by atoms with Crippen molar-refractivity contribution in [2.24, 2.45) is 0 Å². The highest BCUT2D eigenvalue weighted by Gasteiger charge is 2.16. The number of rotatable bonds is 5. The molecule has 0 fully saturated rings. The van der Waals surface area contributed by atoms with Gasteiger partial charge in [0.25, 0.3) is 0 Å². The van der Waals surface area contributed by atoms with Crippen LogP contribution in [0.3, 0.4) is 0 Å². The molecule has 6 nitrogen and oxygen atoms in total. The standard InChI is InChI=1S/C18H16O6/c1-11(19)15(18(21)23-3)10-14-7-8-16(24-14)12-5-4-6-13(9-12)17(20)22-2/h4-10H,1-3H3. The van der Waals surface area contributed by atoms with E-state index in [0.717, 1.165) is 0 Å². The number of carbonyl (C=O) groups is 3. The van der Waals surface area contributed by atoms with E-state index in [-0.39, 0.29) is 5.57 Å². The van der Waals surface area contributed by atoms with Gasteiger partial charge in [0.05, 0.1) is 19.8 Å². The third-order valence-corrected chi connectivity index (χ3v) is 3.27. The van der Waals surface area contributed by atoms with Gasteiger partial charge in [-0.15, -0.1) is 0 Å². The van der Waals surface area contributed by atoms with Crippen LogP contribution in [0.1, 0.15) is 23.0 Å². The van der Waals surface area contributed by atoms with Crippen molar-refractivity contribution in [3.8, 4) is 11.3 Å². The van der Waals surface area contributed by atoms with Crippen LogP contribution in [-0.4, -0.2) is 31.9 Å². The lowest BCUT2D eigenvalue weighted by molar-refractivity contribution is -0.137. The van der Waals surface area contributed by atoms with E-state index < -0.39 is 17.7 Å². The number of Topliss-reactive ketones (excluding diaryl/α,β-unsaturated/α-hetero) is 1. The highest BCUT2D eigenvalue weighted by atomic mass is 16.5. The molecule has 0 aliphatic rings. The molecular formula is C18H16O6. The average Bonchev–Trinajstić information content (AvgIpc) is 3.07. The maximum atomic E-state index is 11.6. The highest BCUT2D eigenvalue weighted by molar-refractivity contribution is 6.19. The summed E-state index contributed by atoms with van der Waals surface area (Å²) in [5, 5.41) is 0. The molecule has 0 spiro atoms. The molecule has 1 aromatic carbocycles. The van der Waals surface area contributed by atoms with Crippen molar-refractivity contribution in [1.29, 1.82) is 0 Å². The number of hydrogen-bond acceptors (Lipinski definition) is 6. The van der Waals surface area contributed by atoms with Crippen molar-refractivity contribution >= 4 is 23.8 Å². The maximum absolute atomic E-state index is 11.6. The summed E-state index contributed by atoms with van der Waals surface area (Å²) in [4.78, 5) is 34.7. The Bertz CT molecular complexity index is 812. The Hall–Kier alpha value is -3.15. The van der Waals surface area contributed by atoms with Gasteiger partial charge in [0.15, 0.2) is 5.78 Å². The van der Waals surface area contributed by atoms with Crippen molar-refractivity contribution in [2.45, 2.75) is 6.92 Å². The number of benzene rings is 1.